The summed E-state index contributed by atoms with van der Waals surface area (Å²) in [6, 6.07) is 10.7. The Morgan fingerprint density at radius 2 is 1.95 bits per heavy atom. The molecule has 0 amide bonds. The molecule has 1 heterocycles. The van der Waals surface area contributed by atoms with Crippen molar-refractivity contribution >= 4 is 0 Å². The number of ether oxygens (including phenoxy) is 1. The average Bonchev–Trinajstić information content (AvgIpc) is 2.90. The number of nitrogens with zero attached hydrogens (tertiary/aromatic N) is 2. The Labute approximate surface area is 127 Å². The molecule has 0 aliphatic carbocycles. The van der Waals surface area contributed by atoms with Crippen LogP contribution in [0.2, 0.25) is 0 Å². The summed E-state index contributed by atoms with van der Waals surface area (Å²) >= 11 is 0. The number of aromatic nitrogens is 2. The number of aryl methyl sites for hydroxylation is 1. The molecular weight excluding hydrogens is 262 g/mol. The van der Waals surface area contributed by atoms with Crippen LogP contribution in [0.15, 0.2) is 36.5 Å². The van der Waals surface area contributed by atoms with Gasteiger partial charge >= 0.3 is 0 Å². The number of likely N-dealkylation sites (N-methyl/N-ethyl adjacent to an activating group) is 1. The van der Waals surface area contributed by atoms with Crippen LogP contribution in [0.25, 0.3) is 0 Å². The SMILES string of the molecule is CCCOc1ccc(C(Cn2nccc2C)NCC)cc1. The molecule has 0 radical (unpaired) electrons. The summed E-state index contributed by atoms with van der Waals surface area (Å²) < 4.78 is 7.67. The van der Waals surface area contributed by atoms with E-state index in [0.29, 0.717) is 0 Å². The number of hydrogen-bond acceptors (Lipinski definition) is 3. The van der Waals surface area contributed by atoms with E-state index < -0.39 is 0 Å². The lowest BCUT2D eigenvalue weighted by atomic mass is 10.1. The number of rotatable bonds is 8. The van der Waals surface area contributed by atoms with Gasteiger partial charge in [0.2, 0.25) is 0 Å². The molecule has 2 aromatic rings. The van der Waals surface area contributed by atoms with E-state index in [2.05, 4.69) is 43.3 Å². The minimum absolute atomic E-state index is 0.258. The highest BCUT2D eigenvalue weighted by Crippen LogP contribution is 2.20. The van der Waals surface area contributed by atoms with Gasteiger partial charge in [-0.2, -0.15) is 5.10 Å². The zero-order valence-corrected chi connectivity index (χ0v) is 13.2. The fourth-order valence-electron chi connectivity index (χ4n) is 2.31. The van der Waals surface area contributed by atoms with Crippen LogP contribution in [0.4, 0.5) is 0 Å². The Hall–Kier alpha value is -1.81. The Balaban J connectivity index is 2.08. The molecule has 4 nitrogen and oxygen atoms in total. The summed E-state index contributed by atoms with van der Waals surface area (Å²) in [5.41, 5.74) is 2.44. The van der Waals surface area contributed by atoms with Crippen LogP contribution in [0.3, 0.4) is 0 Å². The van der Waals surface area contributed by atoms with Crippen molar-refractivity contribution in [2.24, 2.45) is 0 Å². The number of benzene rings is 1. The smallest absolute Gasteiger partial charge is 0.119 e. The largest absolute Gasteiger partial charge is 0.494 e. The Morgan fingerprint density at radius 1 is 1.19 bits per heavy atom. The van der Waals surface area contributed by atoms with E-state index in [9.17, 15) is 0 Å². The quantitative estimate of drug-likeness (QED) is 0.809. The zero-order chi connectivity index (χ0) is 15.1. The molecule has 21 heavy (non-hydrogen) atoms. The molecule has 0 fully saturated rings. The fourth-order valence-corrected chi connectivity index (χ4v) is 2.31. The minimum Gasteiger partial charge on any atom is -0.494 e. The van der Waals surface area contributed by atoms with Gasteiger partial charge in [-0.25, -0.2) is 0 Å². The first-order valence-electron chi connectivity index (χ1n) is 7.69. The lowest BCUT2D eigenvalue weighted by Gasteiger charge is -2.19. The van der Waals surface area contributed by atoms with Crippen LogP contribution in [0.1, 0.15) is 37.6 Å². The Kier molecular flexibility index (Phi) is 5.81. The van der Waals surface area contributed by atoms with Gasteiger partial charge in [0.1, 0.15) is 5.75 Å². The maximum Gasteiger partial charge on any atom is 0.119 e. The maximum absolute atomic E-state index is 5.64. The van der Waals surface area contributed by atoms with Crippen molar-refractivity contribution in [2.75, 3.05) is 13.2 Å². The van der Waals surface area contributed by atoms with Gasteiger partial charge in [0.15, 0.2) is 0 Å². The minimum atomic E-state index is 0.258. The molecule has 0 aliphatic heterocycles. The van der Waals surface area contributed by atoms with Crippen LogP contribution in [0.5, 0.6) is 5.75 Å². The van der Waals surface area contributed by atoms with Crippen molar-refractivity contribution in [3.05, 3.63) is 47.8 Å². The third-order valence-electron chi connectivity index (χ3n) is 3.49. The molecule has 1 N–H and O–H groups in total. The summed E-state index contributed by atoms with van der Waals surface area (Å²) in [6.45, 7) is 8.85. The second kappa shape index (κ2) is 7.84. The summed E-state index contributed by atoms with van der Waals surface area (Å²) in [5, 5.41) is 7.90. The topological polar surface area (TPSA) is 39.1 Å². The molecule has 0 saturated carbocycles. The Morgan fingerprint density at radius 3 is 2.52 bits per heavy atom. The van der Waals surface area contributed by atoms with Gasteiger partial charge < -0.3 is 10.1 Å². The van der Waals surface area contributed by atoms with Crippen molar-refractivity contribution in [2.45, 2.75) is 39.8 Å². The molecule has 0 aliphatic rings. The van der Waals surface area contributed by atoms with Crippen LogP contribution < -0.4 is 10.1 Å². The summed E-state index contributed by atoms with van der Waals surface area (Å²) in [7, 11) is 0. The van der Waals surface area contributed by atoms with E-state index in [1.165, 1.54) is 11.3 Å². The van der Waals surface area contributed by atoms with Gasteiger partial charge in [-0.3, -0.25) is 4.68 Å². The van der Waals surface area contributed by atoms with E-state index in [4.69, 9.17) is 4.74 Å². The van der Waals surface area contributed by atoms with Gasteiger partial charge in [0, 0.05) is 11.9 Å². The fraction of sp³-hybridized carbons (Fsp3) is 0.471. The van der Waals surface area contributed by atoms with Crippen LogP contribution >= 0.6 is 0 Å². The molecule has 1 aromatic heterocycles. The molecule has 1 unspecified atom stereocenters. The van der Waals surface area contributed by atoms with E-state index in [1.807, 2.05) is 29.1 Å². The predicted octanol–water partition coefficient (Wildman–Crippen LogP) is 3.33. The number of nitrogens with one attached hydrogen (secondary N) is 1. The molecular formula is C17H25N3O. The van der Waals surface area contributed by atoms with E-state index in [-0.39, 0.29) is 6.04 Å². The van der Waals surface area contributed by atoms with Gasteiger partial charge in [-0.1, -0.05) is 26.0 Å². The van der Waals surface area contributed by atoms with E-state index >= 15 is 0 Å². The zero-order valence-electron chi connectivity index (χ0n) is 13.2. The highest BCUT2D eigenvalue weighted by Gasteiger charge is 2.12. The van der Waals surface area contributed by atoms with E-state index in [0.717, 1.165) is 31.9 Å². The molecule has 1 aromatic carbocycles. The monoisotopic (exact) mass is 287 g/mol. The molecule has 4 heteroatoms. The lowest BCUT2D eigenvalue weighted by Crippen LogP contribution is -2.26. The van der Waals surface area contributed by atoms with Crippen molar-refractivity contribution in [3.8, 4) is 5.75 Å². The highest BCUT2D eigenvalue weighted by molar-refractivity contribution is 5.29. The lowest BCUT2D eigenvalue weighted by molar-refractivity contribution is 0.317. The first-order valence-corrected chi connectivity index (χ1v) is 7.69. The number of hydrogen-bond donors (Lipinski definition) is 1. The van der Waals surface area contributed by atoms with Crippen LogP contribution in [-0.4, -0.2) is 22.9 Å². The van der Waals surface area contributed by atoms with Crippen molar-refractivity contribution < 1.29 is 4.74 Å². The summed E-state index contributed by atoms with van der Waals surface area (Å²) in [6.07, 6.45) is 2.88. The van der Waals surface area contributed by atoms with Crippen molar-refractivity contribution in [3.63, 3.8) is 0 Å². The maximum atomic E-state index is 5.64. The second-order valence-corrected chi connectivity index (χ2v) is 5.18. The van der Waals surface area contributed by atoms with Crippen LogP contribution in [0, 0.1) is 6.92 Å². The second-order valence-electron chi connectivity index (χ2n) is 5.18. The first-order chi connectivity index (χ1) is 10.2. The normalized spacial score (nSPS) is 12.3. The van der Waals surface area contributed by atoms with Crippen molar-refractivity contribution in [1.82, 2.24) is 15.1 Å². The van der Waals surface area contributed by atoms with E-state index in [1.54, 1.807) is 0 Å². The molecule has 0 saturated heterocycles. The highest BCUT2D eigenvalue weighted by atomic mass is 16.5. The van der Waals surface area contributed by atoms with Gasteiger partial charge in [-0.05, 0) is 43.7 Å². The predicted molar refractivity (Wildman–Crippen MR) is 85.6 cm³/mol. The van der Waals surface area contributed by atoms with Gasteiger partial charge in [-0.15, -0.1) is 0 Å². The van der Waals surface area contributed by atoms with Gasteiger partial charge in [0.25, 0.3) is 0 Å². The molecule has 0 bridgehead atoms. The summed E-state index contributed by atoms with van der Waals surface area (Å²) in [5.74, 6) is 0.936. The first kappa shape index (κ1) is 15.6. The van der Waals surface area contributed by atoms with Crippen LogP contribution in [-0.2, 0) is 6.54 Å². The Bertz CT molecular complexity index is 533. The molecule has 114 valence electrons. The standard InChI is InChI=1S/C17H25N3O/c1-4-12-21-16-8-6-15(7-9-16)17(18-5-2)13-20-14(3)10-11-19-20/h6-11,17-18H,4-5,12-13H2,1-3H3. The third kappa shape index (κ3) is 4.33. The third-order valence-corrected chi connectivity index (χ3v) is 3.49. The molecule has 1 atom stereocenters. The average molecular weight is 287 g/mol. The molecule has 0 spiro atoms. The molecule has 2 rings (SSSR count). The van der Waals surface area contributed by atoms with Crippen molar-refractivity contribution in [1.29, 1.82) is 0 Å². The summed E-state index contributed by atoms with van der Waals surface area (Å²) in [4.78, 5) is 0. The van der Waals surface area contributed by atoms with Gasteiger partial charge in [0.05, 0.1) is 19.2 Å².